The largest absolute Gasteiger partial charge is 0.497 e. The normalized spacial score (nSPS) is 13.1. The molecule has 2 aromatic rings. The number of halogens is 1. The highest BCUT2D eigenvalue weighted by molar-refractivity contribution is 14.0. The van der Waals surface area contributed by atoms with Crippen LogP contribution in [0.3, 0.4) is 0 Å². The maximum absolute atomic E-state index is 12.3. The third kappa shape index (κ3) is 9.16. The second-order valence-corrected chi connectivity index (χ2v) is 8.08. The van der Waals surface area contributed by atoms with Crippen LogP contribution in [0.2, 0.25) is 0 Å². The van der Waals surface area contributed by atoms with Gasteiger partial charge >= 0.3 is 0 Å². The van der Waals surface area contributed by atoms with Crippen molar-refractivity contribution in [2.24, 2.45) is 4.99 Å². The molecule has 0 amide bonds. The van der Waals surface area contributed by atoms with E-state index in [1.54, 1.807) is 7.11 Å². The monoisotopic (exact) mass is 529 g/mol. The number of nitrogens with zero attached hydrogens (tertiary/aromatic N) is 1. The molecule has 0 saturated heterocycles. The summed E-state index contributed by atoms with van der Waals surface area (Å²) < 4.78 is 17.5. The molecule has 0 aromatic heterocycles. The zero-order valence-corrected chi connectivity index (χ0v) is 20.5. The van der Waals surface area contributed by atoms with Crippen molar-refractivity contribution < 1.29 is 8.95 Å². The summed E-state index contributed by atoms with van der Waals surface area (Å²) in [5.74, 6) is 2.62. The average Bonchev–Trinajstić information content (AvgIpc) is 2.74. The molecule has 29 heavy (non-hydrogen) atoms. The quantitative estimate of drug-likeness (QED) is 0.276. The lowest BCUT2D eigenvalue weighted by Gasteiger charge is -2.13. The van der Waals surface area contributed by atoms with Crippen molar-refractivity contribution in [2.75, 3.05) is 32.5 Å². The lowest BCUT2D eigenvalue weighted by atomic mass is 9.98. The van der Waals surface area contributed by atoms with Gasteiger partial charge in [-0.25, -0.2) is 0 Å². The average molecular weight is 529 g/mol. The van der Waals surface area contributed by atoms with Crippen LogP contribution in [-0.2, 0) is 10.8 Å². The number of nitrogens with one attached hydrogen (secondary N) is 2. The van der Waals surface area contributed by atoms with E-state index in [4.69, 9.17) is 4.74 Å². The van der Waals surface area contributed by atoms with Gasteiger partial charge in [0.25, 0.3) is 0 Å². The van der Waals surface area contributed by atoms with Crippen LogP contribution in [0.1, 0.15) is 31.7 Å². The minimum atomic E-state index is -1.00. The van der Waals surface area contributed by atoms with Gasteiger partial charge in [0.15, 0.2) is 5.96 Å². The Balaban J connectivity index is 0.00000420. The first kappa shape index (κ1) is 25.4. The summed E-state index contributed by atoms with van der Waals surface area (Å²) in [6.45, 7) is 6.38. The third-order valence-electron chi connectivity index (χ3n) is 4.45. The van der Waals surface area contributed by atoms with Crippen LogP contribution in [-0.4, -0.2) is 42.7 Å². The molecule has 2 aromatic carbocycles. The minimum Gasteiger partial charge on any atom is -0.497 e. The van der Waals surface area contributed by atoms with Crippen molar-refractivity contribution in [3.05, 3.63) is 60.2 Å². The molecule has 0 bridgehead atoms. The van der Waals surface area contributed by atoms with Crippen molar-refractivity contribution in [1.29, 1.82) is 0 Å². The molecule has 0 fully saturated rings. The molecule has 160 valence electrons. The number of ether oxygens (including phenoxy) is 1. The minimum absolute atomic E-state index is 0. The van der Waals surface area contributed by atoms with Crippen molar-refractivity contribution in [2.45, 2.75) is 31.1 Å². The van der Waals surface area contributed by atoms with Crippen molar-refractivity contribution in [3.8, 4) is 5.75 Å². The number of methoxy groups -OCH3 is 1. The first-order valence-corrected chi connectivity index (χ1v) is 11.1. The van der Waals surface area contributed by atoms with Gasteiger partial charge in [-0.1, -0.05) is 37.3 Å². The van der Waals surface area contributed by atoms with Gasteiger partial charge in [-0.2, -0.15) is 0 Å². The van der Waals surface area contributed by atoms with E-state index in [1.807, 2.05) is 49.4 Å². The highest BCUT2D eigenvalue weighted by Crippen LogP contribution is 2.21. The first-order valence-electron chi connectivity index (χ1n) is 9.73. The molecule has 2 atom stereocenters. The predicted octanol–water partition coefficient (Wildman–Crippen LogP) is 4.17. The SMILES string of the molecule is CCNC(=NCCC(C)c1ccc(OC)cc1)NCCS(=O)c1ccccc1.I. The summed E-state index contributed by atoms with van der Waals surface area (Å²) in [6, 6.07) is 17.8. The Morgan fingerprint density at radius 3 is 2.41 bits per heavy atom. The highest BCUT2D eigenvalue weighted by atomic mass is 127. The van der Waals surface area contributed by atoms with Crippen LogP contribution in [0.25, 0.3) is 0 Å². The molecule has 5 nitrogen and oxygen atoms in total. The Morgan fingerprint density at radius 1 is 1.10 bits per heavy atom. The molecule has 0 aliphatic heterocycles. The second kappa shape index (κ2) is 14.4. The smallest absolute Gasteiger partial charge is 0.191 e. The molecule has 7 heteroatoms. The number of hydrogen-bond donors (Lipinski definition) is 2. The zero-order valence-electron chi connectivity index (χ0n) is 17.4. The number of aliphatic imine (C=N–C) groups is 1. The van der Waals surface area contributed by atoms with Crippen LogP contribution >= 0.6 is 24.0 Å². The molecule has 0 heterocycles. The van der Waals surface area contributed by atoms with E-state index < -0.39 is 10.8 Å². The number of benzene rings is 2. The van der Waals surface area contributed by atoms with Gasteiger partial charge in [-0.05, 0) is 49.1 Å². The molecule has 0 saturated carbocycles. The summed E-state index contributed by atoms with van der Waals surface area (Å²) in [5.41, 5.74) is 1.28. The molecular weight excluding hydrogens is 497 g/mol. The van der Waals surface area contributed by atoms with Crippen molar-refractivity contribution in [3.63, 3.8) is 0 Å². The van der Waals surface area contributed by atoms with E-state index in [9.17, 15) is 4.21 Å². The van der Waals surface area contributed by atoms with E-state index in [0.717, 1.165) is 36.1 Å². The van der Waals surface area contributed by atoms with Gasteiger partial charge in [0.1, 0.15) is 5.75 Å². The summed E-state index contributed by atoms with van der Waals surface area (Å²) in [4.78, 5) is 5.51. The van der Waals surface area contributed by atoms with E-state index in [0.29, 0.717) is 18.2 Å². The topological polar surface area (TPSA) is 62.7 Å². The second-order valence-electron chi connectivity index (χ2n) is 6.51. The first-order chi connectivity index (χ1) is 13.6. The van der Waals surface area contributed by atoms with E-state index in [1.165, 1.54) is 5.56 Å². The standard InChI is InChI=1S/C22H31N3O2S.HI/c1-4-23-22(25-16-17-28(26)21-8-6-5-7-9-21)24-15-14-18(2)19-10-12-20(27-3)13-11-19;/h5-13,18H,4,14-17H2,1-3H3,(H2,23,24,25);1H. The van der Waals surface area contributed by atoms with Gasteiger partial charge in [0, 0.05) is 30.3 Å². The number of guanidine groups is 1. The lowest BCUT2D eigenvalue weighted by molar-refractivity contribution is 0.414. The Kier molecular flexibility index (Phi) is 12.6. The Morgan fingerprint density at radius 2 is 1.79 bits per heavy atom. The number of hydrogen-bond acceptors (Lipinski definition) is 3. The van der Waals surface area contributed by atoms with Gasteiger partial charge in [-0.3, -0.25) is 9.20 Å². The van der Waals surface area contributed by atoms with Gasteiger partial charge in [0.05, 0.1) is 17.9 Å². The van der Waals surface area contributed by atoms with Crippen molar-refractivity contribution >= 4 is 40.7 Å². The molecule has 0 spiro atoms. The molecule has 2 unspecified atom stereocenters. The van der Waals surface area contributed by atoms with Gasteiger partial charge in [-0.15, -0.1) is 24.0 Å². The summed E-state index contributed by atoms with van der Waals surface area (Å²) >= 11 is 0. The van der Waals surface area contributed by atoms with Gasteiger partial charge < -0.3 is 15.4 Å². The maximum Gasteiger partial charge on any atom is 0.191 e. The fraction of sp³-hybridized carbons (Fsp3) is 0.409. The molecule has 0 aliphatic rings. The highest BCUT2D eigenvalue weighted by Gasteiger charge is 2.07. The molecule has 0 radical (unpaired) electrons. The van der Waals surface area contributed by atoms with Crippen molar-refractivity contribution in [1.82, 2.24) is 10.6 Å². The summed E-state index contributed by atoms with van der Waals surface area (Å²) in [6.07, 6.45) is 0.957. The fourth-order valence-electron chi connectivity index (χ4n) is 2.76. The Bertz CT molecular complexity index is 754. The van der Waals surface area contributed by atoms with Gasteiger partial charge in [0.2, 0.25) is 0 Å². The van der Waals surface area contributed by atoms with Crippen LogP contribution in [0, 0.1) is 0 Å². The fourth-order valence-corrected chi connectivity index (χ4v) is 3.75. The molecular formula is C22H32IN3O2S. The Labute approximate surface area is 194 Å². The molecule has 2 rings (SSSR count). The Hall–Kier alpha value is -1.61. The number of rotatable bonds is 10. The lowest BCUT2D eigenvalue weighted by Crippen LogP contribution is -2.39. The zero-order chi connectivity index (χ0) is 20.2. The van der Waals surface area contributed by atoms with Crippen LogP contribution < -0.4 is 15.4 Å². The van der Waals surface area contributed by atoms with E-state index >= 15 is 0 Å². The molecule has 2 N–H and O–H groups in total. The summed E-state index contributed by atoms with van der Waals surface area (Å²) in [5, 5.41) is 6.53. The third-order valence-corrected chi connectivity index (χ3v) is 5.82. The molecule has 0 aliphatic carbocycles. The van der Waals surface area contributed by atoms with Crippen LogP contribution in [0.5, 0.6) is 5.75 Å². The predicted molar refractivity (Wildman–Crippen MR) is 133 cm³/mol. The van der Waals surface area contributed by atoms with E-state index in [2.05, 4.69) is 34.7 Å². The van der Waals surface area contributed by atoms with Crippen LogP contribution in [0.4, 0.5) is 0 Å². The summed E-state index contributed by atoms with van der Waals surface area (Å²) in [7, 11) is 0.678. The van der Waals surface area contributed by atoms with E-state index in [-0.39, 0.29) is 24.0 Å². The maximum atomic E-state index is 12.3. The van der Waals surface area contributed by atoms with Crippen LogP contribution in [0.15, 0.2) is 64.5 Å².